The molecule has 2 rings (SSSR count). The van der Waals surface area contributed by atoms with Gasteiger partial charge < -0.3 is 0 Å². The minimum atomic E-state index is -0.320. The van der Waals surface area contributed by atoms with Gasteiger partial charge in [-0.2, -0.15) is 4.68 Å². The molecule has 17 heavy (non-hydrogen) atoms. The molecular weight excluding hydrogens is 216 g/mol. The molecule has 0 amide bonds. The van der Waals surface area contributed by atoms with E-state index < -0.39 is 0 Å². The van der Waals surface area contributed by atoms with Gasteiger partial charge in [0.15, 0.2) is 0 Å². The van der Waals surface area contributed by atoms with Crippen molar-refractivity contribution in [3.8, 4) is 5.69 Å². The van der Waals surface area contributed by atoms with Gasteiger partial charge in [-0.05, 0) is 40.0 Å². The lowest BCUT2D eigenvalue weighted by Gasteiger charge is -2.20. The first-order chi connectivity index (χ1) is 7.89. The smallest absolute Gasteiger partial charge is 0.244 e. The Morgan fingerprint density at radius 2 is 2.00 bits per heavy atom. The lowest BCUT2D eigenvalue weighted by Crippen LogP contribution is -2.19. The van der Waals surface area contributed by atoms with Gasteiger partial charge in [0.2, 0.25) is 0 Å². The number of nitrogens with one attached hydrogen (secondary N) is 1. The Kier molecular flexibility index (Phi) is 2.61. The number of aromatic nitrogens is 4. The summed E-state index contributed by atoms with van der Waals surface area (Å²) in [5, 5.41) is 9.57. The summed E-state index contributed by atoms with van der Waals surface area (Å²) in [6.45, 7) is 8.34. The van der Waals surface area contributed by atoms with Gasteiger partial charge in [0.05, 0.1) is 5.69 Å². The van der Waals surface area contributed by atoms with E-state index in [-0.39, 0.29) is 11.1 Å². The van der Waals surface area contributed by atoms with E-state index in [2.05, 4.69) is 42.4 Å². The van der Waals surface area contributed by atoms with E-state index in [1.165, 1.54) is 4.68 Å². The van der Waals surface area contributed by atoms with Crippen LogP contribution in [-0.4, -0.2) is 20.2 Å². The fourth-order valence-electron chi connectivity index (χ4n) is 1.66. The molecule has 5 nitrogen and oxygen atoms in total. The molecule has 1 aromatic carbocycles. The third-order valence-electron chi connectivity index (χ3n) is 2.78. The maximum absolute atomic E-state index is 11.5. The monoisotopic (exact) mass is 232 g/mol. The van der Waals surface area contributed by atoms with E-state index in [0.717, 1.165) is 16.8 Å². The highest BCUT2D eigenvalue weighted by atomic mass is 16.2. The molecule has 90 valence electrons. The van der Waals surface area contributed by atoms with Crippen molar-refractivity contribution in [1.82, 2.24) is 20.2 Å². The van der Waals surface area contributed by atoms with Crippen LogP contribution < -0.4 is 5.69 Å². The molecule has 0 fully saturated rings. The molecule has 0 aliphatic rings. The zero-order chi connectivity index (χ0) is 12.6. The highest BCUT2D eigenvalue weighted by Gasteiger charge is 2.16. The third-order valence-corrected chi connectivity index (χ3v) is 2.78. The third kappa shape index (κ3) is 2.13. The summed E-state index contributed by atoms with van der Waals surface area (Å²) in [7, 11) is 0. The van der Waals surface area contributed by atoms with Gasteiger partial charge in [-0.3, -0.25) is 0 Å². The van der Waals surface area contributed by atoms with E-state index in [1.807, 2.05) is 19.1 Å². The molecule has 0 saturated carbocycles. The number of nitrogens with zero attached hydrogens (tertiary/aromatic N) is 3. The lowest BCUT2D eigenvalue weighted by molar-refractivity contribution is 0.588. The number of aryl methyl sites for hydroxylation is 1. The van der Waals surface area contributed by atoms with E-state index >= 15 is 0 Å². The molecule has 0 aliphatic carbocycles. The first-order valence-corrected chi connectivity index (χ1v) is 5.51. The minimum Gasteiger partial charge on any atom is -0.244 e. The van der Waals surface area contributed by atoms with Crippen LogP contribution in [0.1, 0.15) is 31.9 Å². The van der Waals surface area contributed by atoms with Crippen LogP contribution in [-0.2, 0) is 5.41 Å². The van der Waals surface area contributed by atoms with Gasteiger partial charge >= 0.3 is 5.69 Å². The average molecular weight is 232 g/mol. The number of rotatable bonds is 1. The summed E-state index contributed by atoms with van der Waals surface area (Å²) >= 11 is 0. The van der Waals surface area contributed by atoms with Gasteiger partial charge in [-0.25, -0.2) is 9.89 Å². The van der Waals surface area contributed by atoms with Gasteiger partial charge in [-0.1, -0.05) is 32.9 Å². The van der Waals surface area contributed by atoms with E-state index in [1.54, 1.807) is 0 Å². The Balaban J connectivity index is 2.63. The van der Waals surface area contributed by atoms with Crippen molar-refractivity contribution >= 4 is 0 Å². The first-order valence-electron chi connectivity index (χ1n) is 5.51. The zero-order valence-corrected chi connectivity index (χ0v) is 10.5. The predicted octanol–water partition coefficient (Wildman–Crippen LogP) is 1.56. The molecule has 0 atom stereocenters. The van der Waals surface area contributed by atoms with Crippen LogP contribution in [0.3, 0.4) is 0 Å². The summed E-state index contributed by atoms with van der Waals surface area (Å²) in [5.74, 6) is 0. The SMILES string of the molecule is Cc1ccc(C(C)(C)C)cc1-n1nn[nH]c1=O. The summed E-state index contributed by atoms with van der Waals surface area (Å²) < 4.78 is 1.28. The Bertz CT molecular complexity index is 589. The molecule has 5 heteroatoms. The lowest BCUT2D eigenvalue weighted by atomic mass is 9.86. The Hall–Kier alpha value is -1.91. The van der Waals surface area contributed by atoms with E-state index in [9.17, 15) is 4.79 Å². The fourth-order valence-corrected chi connectivity index (χ4v) is 1.66. The maximum atomic E-state index is 11.5. The maximum Gasteiger partial charge on any atom is 0.365 e. The summed E-state index contributed by atoms with van der Waals surface area (Å²) in [6, 6.07) is 6.06. The average Bonchev–Trinajstić information content (AvgIpc) is 2.63. The van der Waals surface area contributed by atoms with Crippen molar-refractivity contribution in [2.45, 2.75) is 33.1 Å². The summed E-state index contributed by atoms with van der Waals surface area (Å²) in [5.41, 5.74) is 2.65. The molecular formula is C12H16N4O. The minimum absolute atomic E-state index is 0.0375. The summed E-state index contributed by atoms with van der Waals surface area (Å²) in [4.78, 5) is 11.5. The van der Waals surface area contributed by atoms with Crippen molar-refractivity contribution in [2.75, 3.05) is 0 Å². The number of benzene rings is 1. The molecule has 1 aromatic heterocycles. The molecule has 0 bridgehead atoms. The van der Waals surface area contributed by atoms with Crippen molar-refractivity contribution in [2.24, 2.45) is 0 Å². The number of aromatic amines is 1. The van der Waals surface area contributed by atoms with Gasteiger partial charge in [0.25, 0.3) is 0 Å². The van der Waals surface area contributed by atoms with Crippen LogP contribution >= 0.6 is 0 Å². The Morgan fingerprint density at radius 1 is 1.29 bits per heavy atom. The largest absolute Gasteiger partial charge is 0.365 e. The molecule has 0 spiro atoms. The zero-order valence-electron chi connectivity index (χ0n) is 10.5. The second-order valence-corrected chi connectivity index (χ2v) is 5.17. The second-order valence-electron chi connectivity index (χ2n) is 5.17. The van der Waals surface area contributed by atoms with Gasteiger partial charge in [0, 0.05) is 0 Å². The van der Waals surface area contributed by atoms with Gasteiger partial charge in [0.1, 0.15) is 0 Å². The molecule has 0 saturated heterocycles. The van der Waals surface area contributed by atoms with Crippen LogP contribution in [0.2, 0.25) is 0 Å². The topological polar surface area (TPSA) is 63.6 Å². The van der Waals surface area contributed by atoms with Crippen LogP contribution in [0.25, 0.3) is 5.69 Å². The molecule has 0 unspecified atom stereocenters. The molecule has 1 heterocycles. The fraction of sp³-hybridized carbons (Fsp3) is 0.417. The quantitative estimate of drug-likeness (QED) is 0.811. The number of H-pyrrole nitrogens is 1. The highest BCUT2D eigenvalue weighted by molar-refractivity contribution is 5.44. The standard InChI is InChI=1S/C12H16N4O/c1-8-5-6-9(12(2,3)4)7-10(8)16-11(17)13-14-15-16/h5-7H,1-4H3,(H,13,15,17). The van der Waals surface area contributed by atoms with Crippen LogP contribution in [0, 0.1) is 6.92 Å². The normalized spacial score (nSPS) is 11.8. The summed E-state index contributed by atoms with van der Waals surface area (Å²) in [6.07, 6.45) is 0. The molecule has 1 N–H and O–H groups in total. The predicted molar refractivity (Wildman–Crippen MR) is 65.4 cm³/mol. The van der Waals surface area contributed by atoms with Gasteiger partial charge in [-0.15, -0.1) is 0 Å². The van der Waals surface area contributed by atoms with E-state index in [4.69, 9.17) is 0 Å². The molecule has 0 aliphatic heterocycles. The van der Waals surface area contributed by atoms with Crippen molar-refractivity contribution < 1.29 is 0 Å². The van der Waals surface area contributed by atoms with E-state index in [0.29, 0.717) is 0 Å². The first kappa shape index (κ1) is 11.6. The number of tetrazole rings is 1. The Labute approximate surface area is 99.5 Å². The molecule has 0 radical (unpaired) electrons. The van der Waals surface area contributed by atoms with Crippen LogP contribution in [0.4, 0.5) is 0 Å². The second kappa shape index (κ2) is 3.84. The van der Waals surface area contributed by atoms with Crippen LogP contribution in [0.5, 0.6) is 0 Å². The molecule has 2 aromatic rings. The number of hydrogen-bond donors (Lipinski definition) is 1. The number of hydrogen-bond acceptors (Lipinski definition) is 3. The van der Waals surface area contributed by atoms with Crippen molar-refractivity contribution in [3.63, 3.8) is 0 Å². The highest BCUT2D eigenvalue weighted by Crippen LogP contribution is 2.25. The van der Waals surface area contributed by atoms with Crippen molar-refractivity contribution in [3.05, 3.63) is 39.8 Å². The van der Waals surface area contributed by atoms with Crippen LogP contribution in [0.15, 0.2) is 23.0 Å². The Morgan fingerprint density at radius 3 is 2.53 bits per heavy atom. The van der Waals surface area contributed by atoms with Crippen molar-refractivity contribution in [1.29, 1.82) is 0 Å².